The lowest BCUT2D eigenvalue weighted by Crippen LogP contribution is -2.55. The van der Waals surface area contributed by atoms with Crippen molar-refractivity contribution in [3.63, 3.8) is 0 Å². The van der Waals surface area contributed by atoms with Gasteiger partial charge in [0.1, 0.15) is 5.75 Å². The zero-order valence-electron chi connectivity index (χ0n) is 14.7. The Balaban J connectivity index is 1.61. The number of phenolic OH excluding ortho intramolecular Hbond substituents is 1. The molecule has 0 spiro atoms. The Morgan fingerprint density at radius 3 is 2.60 bits per heavy atom. The SMILES string of the molecule is COCC1CCCN(S(=O)(=O)N2CCN(c3cccc(O)c3)CC2)C1. The first-order valence-electron chi connectivity index (χ1n) is 8.79. The zero-order chi connectivity index (χ0) is 17.9. The molecule has 0 aromatic heterocycles. The summed E-state index contributed by atoms with van der Waals surface area (Å²) >= 11 is 0. The van der Waals surface area contributed by atoms with Crippen LogP contribution in [0.3, 0.4) is 0 Å². The Bertz CT molecular complexity index is 672. The van der Waals surface area contributed by atoms with Crippen molar-refractivity contribution in [3.05, 3.63) is 24.3 Å². The van der Waals surface area contributed by atoms with Crippen LogP contribution in [0, 0.1) is 5.92 Å². The van der Waals surface area contributed by atoms with Gasteiger partial charge in [0, 0.05) is 58.1 Å². The van der Waals surface area contributed by atoms with Crippen molar-refractivity contribution >= 4 is 15.9 Å². The minimum absolute atomic E-state index is 0.227. The first kappa shape index (κ1) is 18.4. The Kier molecular flexibility index (Phi) is 5.83. The molecule has 7 nitrogen and oxygen atoms in total. The second-order valence-corrected chi connectivity index (χ2v) is 8.66. The van der Waals surface area contributed by atoms with Gasteiger partial charge in [-0.3, -0.25) is 0 Å². The quantitative estimate of drug-likeness (QED) is 0.842. The van der Waals surface area contributed by atoms with E-state index in [1.807, 2.05) is 6.07 Å². The largest absolute Gasteiger partial charge is 0.508 e. The molecule has 2 fully saturated rings. The number of hydrogen-bond donors (Lipinski definition) is 1. The van der Waals surface area contributed by atoms with Crippen LogP contribution in [-0.4, -0.2) is 75.1 Å². The van der Waals surface area contributed by atoms with Gasteiger partial charge in [0.2, 0.25) is 0 Å². The molecule has 0 bridgehead atoms. The predicted octanol–water partition coefficient (Wildman–Crippen LogP) is 1.12. The first-order valence-corrected chi connectivity index (χ1v) is 10.2. The van der Waals surface area contributed by atoms with Crippen LogP contribution in [0.1, 0.15) is 12.8 Å². The monoisotopic (exact) mass is 369 g/mol. The van der Waals surface area contributed by atoms with Gasteiger partial charge >= 0.3 is 0 Å². The molecule has 140 valence electrons. The smallest absolute Gasteiger partial charge is 0.282 e. The molecule has 1 unspecified atom stereocenters. The van der Waals surface area contributed by atoms with E-state index in [2.05, 4.69) is 4.90 Å². The molecule has 3 rings (SSSR count). The molecule has 0 amide bonds. The molecule has 0 aliphatic carbocycles. The number of piperidine rings is 1. The molecule has 2 aliphatic heterocycles. The molecule has 2 heterocycles. The molecule has 1 atom stereocenters. The summed E-state index contributed by atoms with van der Waals surface area (Å²) in [5.41, 5.74) is 0.926. The van der Waals surface area contributed by atoms with Crippen LogP contribution in [0.25, 0.3) is 0 Å². The molecule has 1 aromatic rings. The number of hydrogen-bond acceptors (Lipinski definition) is 5. The summed E-state index contributed by atoms with van der Waals surface area (Å²) in [6, 6.07) is 7.09. The molecular weight excluding hydrogens is 342 g/mol. The molecule has 2 aliphatic rings. The van der Waals surface area contributed by atoms with Gasteiger partial charge in [0.05, 0.1) is 6.61 Å². The Labute approximate surface area is 150 Å². The molecule has 8 heteroatoms. The molecule has 1 N–H and O–H groups in total. The topological polar surface area (TPSA) is 73.3 Å². The molecule has 0 saturated carbocycles. The third-order valence-electron chi connectivity index (χ3n) is 4.97. The number of aromatic hydroxyl groups is 1. The van der Waals surface area contributed by atoms with E-state index in [0.717, 1.165) is 18.5 Å². The van der Waals surface area contributed by atoms with Crippen LogP contribution in [0.4, 0.5) is 5.69 Å². The maximum Gasteiger partial charge on any atom is 0.282 e. The Hall–Kier alpha value is -1.35. The number of phenols is 1. The van der Waals surface area contributed by atoms with Gasteiger partial charge in [0.15, 0.2) is 0 Å². The standard InChI is InChI=1S/C17H27N3O4S/c1-24-14-15-4-3-7-20(13-15)25(22,23)19-10-8-18(9-11-19)16-5-2-6-17(21)12-16/h2,5-6,12,15,21H,3-4,7-11,13-14H2,1H3. The van der Waals surface area contributed by atoms with Gasteiger partial charge in [-0.05, 0) is 30.9 Å². The fraction of sp³-hybridized carbons (Fsp3) is 0.647. The van der Waals surface area contributed by atoms with Crippen molar-refractivity contribution in [3.8, 4) is 5.75 Å². The zero-order valence-corrected chi connectivity index (χ0v) is 15.5. The van der Waals surface area contributed by atoms with E-state index in [-0.39, 0.29) is 11.7 Å². The third-order valence-corrected chi connectivity index (χ3v) is 6.97. The average molecular weight is 369 g/mol. The number of nitrogens with zero attached hydrogens (tertiary/aromatic N) is 3. The normalized spacial score (nSPS) is 23.7. The lowest BCUT2D eigenvalue weighted by molar-refractivity contribution is 0.116. The number of methoxy groups -OCH3 is 1. The van der Waals surface area contributed by atoms with Crippen LogP contribution < -0.4 is 4.90 Å². The fourth-order valence-electron chi connectivity index (χ4n) is 3.64. The van der Waals surface area contributed by atoms with Gasteiger partial charge in [-0.2, -0.15) is 17.0 Å². The third kappa shape index (κ3) is 4.25. The van der Waals surface area contributed by atoms with Crippen molar-refractivity contribution < 1.29 is 18.3 Å². The van der Waals surface area contributed by atoms with Gasteiger partial charge in [-0.15, -0.1) is 0 Å². The second kappa shape index (κ2) is 7.90. The number of anilines is 1. The molecule has 25 heavy (non-hydrogen) atoms. The van der Waals surface area contributed by atoms with Crippen LogP contribution in [0.5, 0.6) is 5.75 Å². The first-order chi connectivity index (χ1) is 12.0. The second-order valence-electron chi connectivity index (χ2n) is 6.74. The van der Waals surface area contributed by atoms with Gasteiger partial charge < -0.3 is 14.7 Å². The number of benzene rings is 1. The van der Waals surface area contributed by atoms with Crippen molar-refractivity contribution in [1.82, 2.24) is 8.61 Å². The summed E-state index contributed by atoms with van der Waals surface area (Å²) < 4.78 is 34.3. The summed E-state index contributed by atoms with van der Waals surface area (Å²) in [7, 11) is -1.75. The van der Waals surface area contributed by atoms with Crippen LogP contribution in [0.2, 0.25) is 0 Å². The van der Waals surface area contributed by atoms with Crippen molar-refractivity contribution in [2.75, 3.05) is 57.9 Å². The summed E-state index contributed by atoms with van der Waals surface area (Å²) in [6.07, 6.45) is 1.90. The van der Waals surface area contributed by atoms with Gasteiger partial charge in [-0.25, -0.2) is 0 Å². The fourth-order valence-corrected chi connectivity index (χ4v) is 5.35. The van der Waals surface area contributed by atoms with Gasteiger partial charge in [-0.1, -0.05) is 6.07 Å². The predicted molar refractivity (Wildman–Crippen MR) is 97.0 cm³/mol. The molecule has 0 radical (unpaired) electrons. The minimum atomic E-state index is -3.42. The van der Waals surface area contributed by atoms with Crippen molar-refractivity contribution in [2.24, 2.45) is 5.92 Å². The summed E-state index contributed by atoms with van der Waals surface area (Å²) in [6.45, 7) is 3.92. The average Bonchev–Trinajstić information content (AvgIpc) is 2.62. The van der Waals surface area contributed by atoms with Crippen LogP contribution in [-0.2, 0) is 14.9 Å². The highest BCUT2D eigenvalue weighted by molar-refractivity contribution is 7.86. The molecule has 1 aromatic carbocycles. The van der Waals surface area contributed by atoms with E-state index in [4.69, 9.17) is 4.74 Å². The summed E-state index contributed by atoms with van der Waals surface area (Å²) in [5.74, 6) is 0.507. The van der Waals surface area contributed by atoms with E-state index in [0.29, 0.717) is 45.9 Å². The van der Waals surface area contributed by atoms with E-state index in [1.165, 1.54) is 0 Å². The van der Waals surface area contributed by atoms with Crippen LogP contribution in [0.15, 0.2) is 24.3 Å². The van der Waals surface area contributed by atoms with E-state index in [9.17, 15) is 13.5 Å². The number of rotatable bonds is 5. The number of piperazine rings is 1. The van der Waals surface area contributed by atoms with Crippen molar-refractivity contribution in [1.29, 1.82) is 0 Å². The van der Waals surface area contributed by atoms with Crippen molar-refractivity contribution in [2.45, 2.75) is 12.8 Å². The van der Waals surface area contributed by atoms with E-state index in [1.54, 1.807) is 33.9 Å². The Morgan fingerprint density at radius 1 is 1.16 bits per heavy atom. The molecule has 2 saturated heterocycles. The lowest BCUT2D eigenvalue weighted by atomic mass is 10.0. The van der Waals surface area contributed by atoms with Gasteiger partial charge in [0.25, 0.3) is 10.2 Å². The van der Waals surface area contributed by atoms with Crippen LogP contribution >= 0.6 is 0 Å². The maximum absolute atomic E-state index is 12.9. The summed E-state index contributed by atoms with van der Waals surface area (Å²) in [5, 5.41) is 9.61. The highest BCUT2D eigenvalue weighted by Gasteiger charge is 2.35. The van der Waals surface area contributed by atoms with E-state index >= 15 is 0 Å². The molecular formula is C17H27N3O4S. The summed E-state index contributed by atoms with van der Waals surface area (Å²) in [4.78, 5) is 2.11. The lowest BCUT2D eigenvalue weighted by Gasteiger charge is -2.39. The highest BCUT2D eigenvalue weighted by Crippen LogP contribution is 2.25. The maximum atomic E-state index is 12.9. The minimum Gasteiger partial charge on any atom is -0.508 e. The number of ether oxygens (including phenoxy) is 1. The highest BCUT2D eigenvalue weighted by atomic mass is 32.2. The van der Waals surface area contributed by atoms with E-state index < -0.39 is 10.2 Å². The Morgan fingerprint density at radius 2 is 1.92 bits per heavy atom.